The van der Waals surface area contributed by atoms with Crippen molar-refractivity contribution in [1.82, 2.24) is 4.90 Å². The third kappa shape index (κ3) is 2.62. The van der Waals surface area contributed by atoms with Gasteiger partial charge in [-0.3, -0.25) is 10.2 Å². The molecular weight excluding hydrogens is 316 g/mol. The fraction of sp³-hybridized carbons (Fsp3) is 0.200. The van der Waals surface area contributed by atoms with E-state index >= 15 is 0 Å². The van der Waals surface area contributed by atoms with E-state index in [2.05, 4.69) is 16.3 Å². The van der Waals surface area contributed by atoms with Crippen LogP contribution in [0.15, 0.2) is 39.2 Å². The Labute approximate surface area is 137 Å². The highest BCUT2D eigenvalue weighted by atomic mass is 32.2. The zero-order valence-corrected chi connectivity index (χ0v) is 13.8. The van der Waals surface area contributed by atoms with E-state index in [1.54, 1.807) is 11.0 Å². The molecule has 0 aromatic heterocycles. The van der Waals surface area contributed by atoms with Crippen LogP contribution in [0.5, 0.6) is 0 Å². The molecule has 22 heavy (non-hydrogen) atoms. The Morgan fingerprint density at radius 3 is 2.73 bits per heavy atom. The molecule has 1 N–H and O–H groups in total. The summed E-state index contributed by atoms with van der Waals surface area (Å²) < 4.78 is 4.22. The number of thioether (sulfide) groups is 1. The summed E-state index contributed by atoms with van der Waals surface area (Å²) in [6.07, 6.45) is 4.57. The lowest BCUT2D eigenvalue weighted by Crippen LogP contribution is -2.41. The zero-order valence-electron chi connectivity index (χ0n) is 12.2. The second kappa shape index (κ2) is 6.10. The average molecular weight is 330 g/mol. The summed E-state index contributed by atoms with van der Waals surface area (Å²) >= 11 is 2.57. The Kier molecular flexibility index (Phi) is 4.17. The topological polar surface area (TPSA) is 68.9 Å². The highest BCUT2D eigenvalue weighted by Gasteiger charge is 2.36. The molecule has 2 aliphatic heterocycles. The quantitative estimate of drug-likeness (QED) is 0.668. The molecule has 2 aliphatic rings. The minimum atomic E-state index is -0.388. The number of amides is 1. The largest absolute Gasteiger partial charge is 0.283 e. The van der Waals surface area contributed by atoms with Crippen molar-refractivity contribution in [2.24, 2.45) is 9.39 Å². The average Bonchev–Trinajstić information content (AvgIpc) is 2.95. The summed E-state index contributed by atoms with van der Waals surface area (Å²) in [6, 6.07) is 7.96. The molecule has 3 rings (SSSR count). The van der Waals surface area contributed by atoms with Gasteiger partial charge in [-0.2, -0.15) is 9.39 Å². The molecule has 112 valence electrons. The number of amidine groups is 3. The SMILES string of the molecule is CCc1ccc(C=C2C(=N)N3C(SC)=NSC3=NC2=O)cc1. The van der Waals surface area contributed by atoms with E-state index in [4.69, 9.17) is 5.41 Å². The van der Waals surface area contributed by atoms with Gasteiger partial charge in [0.15, 0.2) is 5.17 Å². The number of hydrogen-bond acceptors (Lipinski definition) is 5. The van der Waals surface area contributed by atoms with Gasteiger partial charge in [-0.15, -0.1) is 0 Å². The first-order valence-electron chi connectivity index (χ1n) is 6.75. The number of nitrogens with zero attached hydrogens (tertiary/aromatic N) is 3. The number of fused-ring (bicyclic) bond motifs is 1. The Bertz CT molecular complexity index is 734. The third-order valence-electron chi connectivity index (χ3n) is 3.38. The molecule has 2 heterocycles. The lowest BCUT2D eigenvalue weighted by atomic mass is 10.1. The van der Waals surface area contributed by atoms with Gasteiger partial charge in [-0.25, -0.2) is 4.90 Å². The highest BCUT2D eigenvalue weighted by molar-refractivity contribution is 8.18. The minimum absolute atomic E-state index is 0.132. The van der Waals surface area contributed by atoms with E-state index in [9.17, 15) is 4.79 Å². The number of carbonyl (C=O) groups excluding carboxylic acids is 1. The van der Waals surface area contributed by atoms with Crippen LogP contribution in [0.4, 0.5) is 0 Å². The van der Waals surface area contributed by atoms with Gasteiger partial charge in [0.1, 0.15) is 5.84 Å². The van der Waals surface area contributed by atoms with Crippen LogP contribution in [0, 0.1) is 5.41 Å². The van der Waals surface area contributed by atoms with Crippen LogP contribution in [0.25, 0.3) is 6.08 Å². The second-order valence-corrected chi connectivity index (χ2v) is 6.21. The molecule has 0 unspecified atom stereocenters. The van der Waals surface area contributed by atoms with E-state index in [-0.39, 0.29) is 17.3 Å². The van der Waals surface area contributed by atoms with Gasteiger partial charge in [-0.1, -0.05) is 43.0 Å². The summed E-state index contributed by atoms with van der Waals surface area (Å²) in [7, 11) is 0. The first-order chi connectivity index (χ1) is 10.6. The molecule has 0 bridgehead atoms. The molecule has 5 nitrogen and oxygen atoms in total. The number of hydrogen-bond donors (Lipinski definition) is 1. The lowest BCUT2D eigenvalue weighted by Gasteiger charge is -2.23. The molecule has 1 aromatic carbocycles. The Morgan fingerprint density at radius 1 is 1.36 bits per heavy atom. The van der Waals surface area contributed by atoms with Crippen molar-refractivity contribution < 1.29 is 4.79 Å². The first kappa shape index (κ1) is 15.1. The Morgan fingerprint density at radius 2 is 2.09 bits per heavy atom. The van der Waals surface area contributed by atoms with Crippen molar-refractivity contribution in [3.8, 4) is 0 Å². The van der Waals surface area contributed by atoms with Gasteiger partial charge in [0.25, 0.3) is 5.91 Å². The molecule has 0 spiro atoms. The third-order valence-corrected chi connectivity index (χ3v) is 4.83. The summed E-state index contributed by atoms with van der Waals surface area (Å²) in [6.45, 7) is 2.10. The molecule has 0 aliphatic carbocycles. The van der Waals surface area contributed by atoms with E-state index in [1.165, 1.54) is 17.3 Å². The van der Waals surface area contributed by atoms with Gasteiger partial charge in [-0.05, 0) is 29.9 Å². The first-order valence-corrected chi connectivity index (χ1v) is 8.75. The van der Waals surface area contributed by atoms with Crippen molar-refractivity contribution in [1.29, 1.82) is 5.41 Å². The molecule has 0 fully saturated rings. The van der Waals surface area contributed by atoms with Gasteiger partial charge >= 0.3 is 0 Å². The second-order valence-electron chi connectivity index (χ2n) is 4.71. The fourth-order valence-electron chi connectivity index (χ4n) is 2.15. The molecule has 0 atom stereocenters. The normalized spacial score (nSPS) is 19.4. The molecule has 0 radical (unpaired) electrons. The fourth-order valence-corrected chi connectivity index (χ4v) is 3.60. The number of carbonyl (C=O) groups is 1. The maximum Gasteiger partial charge on any atom is 0.283 e. The summed E-state index contributed by atoms with van der Waals surface area (Å²) in [5.41, 5.74) is 2.41. The van der Waals surface area contributed by atoms with Crippen molar-refractivity contribution >= 4 is 51.9 Å². The predicted octanol–water partition coefficient (Wildman–Crippen LogP) is 3.19. The monoisotopic (exact) mass is 330 g/mol. The summed E-state index contributed by atoms with van der Waals surface area (Å²) in [5.74, 6) is -0.256. The highest BCUT2D eigenvalue weighted by Crippen LogP contribution is 2.31. The van der Waals surface area contributed by atoms with Crippen LogP contribution in [-0.4, -0.2) is 33.2 Å². The number of nitrogens with one attached hydrogen (secondary N) is 1. The number of benzene rings is 1. The standard InChI is InChI=1S/C15H14N4OS2/c1-3-9-4-6-10(7-5-9)8-11-12(16)19-14(17-13(11)20)22-18-15(19)21-2/h4-8,16H,3H2,1-2H3. The smallest absolute Gasteiger partial charge is 0.283 e. The summed E-state index contributed by atoms with van der Waals surface area (Å²) in [4.78, 5) is 17.8. The molecular formula is C15H14N4OS2. The van der Waals surface area contributed by atoms with Crippen molar-refractivity contribution in [3.05, 3.63) is 41.0 Å². The van der Waals surface area contributed by atoms with Crippen LogP contribution in [0.2, 0.25) is 0 Å². The van der Waals surface area contributed by atoms with E-state index in [0.29, 0.717) is 10.3 Å². The van der Waals surface area contributed by atoms with E-state index in [0.717, 1.165) is 23.9 Å². The molecule has 0 saturated carbocycles. The summed E-state index contributed by atoms with van der Waals surface area (Å²) in [5, 5.41) is 9.44. The maximum atomic E-state index is 12.2. The van der Waals surface area contributed by atoms with Crippen LogP contribution in [-0.2, 0) is 11.2 Å². The van der Waals surface area contributed by atoms with Crippen molar-refractivity contribution in [2.45, 2.75) is 13.3 Å². The van der Waals surface area contributed by atoms with Crippen LogP contribution >= 0.6 is 23.7 Å². The molecule has 0 saturated heterocycles. The van der Waals surface area contributed by atoms with E-state index in [1.807, 2.05) is 30.5 Å². The Balaban J connectivity index is 1.96. The maximum absolute atomic E-state index is 12.2. The molecule has 7 heteroatoms. The number of rotatable bonds is 2. The van der Waals surface area contributed by atoms with Gasteiger partial charge in [0.05, 0.1) is 17.5 Å². The van der Waals surface area contributed by atoms with E-state index < -0.39 is 0 Å². The van der Waals surface area contributed by atoms with Crippen LogP contribution in [0.3, 0.4) is 0 Å². The Hall–Kier alpha value is -1.86. The number of aryl methyl sites for hydroxylation is 1. The van der Waals surface area contributed by atoms with Crippen LogP contribution in [0.1, 0.15) is 18.1 Å². The minimum Gasteiger partial charge on any atom is -0.283 e. The van der Waals surface area contributed by atoms with Gasteiger partial charge in [0.2, 0.25) is 5.17 Å². The predicted molar refractivity (Wildman–Crippen MR) is 94.3 cm³/mol. The molecule has 1 amide bonds. The van der Waals surface area contributed by atoms with Crippen molar-refractivity contribution in [2.75, 3.05) is 6.26 Å². The lowest BCUT2D eigenvalue weighted by molar-refractivity contribution is -0.114. The zero-order chi connectivity index (χ0) is 15.7. The van der Waals surface area contributed by atoms with Gasteiger partial charge in [0, 0.05) is 0 Å². The number of aliphatic imine (C=N–C) groups is 1. The van der Waals surface area contributed by atoms with Crippen LogP contribution < -0.4 is 0 Å². The van der Waals surface area contributed by atoms with Crippen molar-refractivity contribution in [3.63, 3.8) is 0 Å². The van der Waals surface area contributed by atoms with Gasteiger partial charge < -0.3 is 0 Å². The molecule has 1 aromatic rings.